The lowest BCUT2D eigenvalue weighted by molar-refractivity contribution is 0.103. The average molecular weight is 238 g/mol. The van der Waals surface area contributed by atoms with E-state index in [1.54, 1.807) is 12.4 Å². The van der Waals surface area contributed by atoms with Crippen molar-refractivity contribution in [3.63, 3.8) is 0 Å². The van der Waals surface area contributed by atoms with Gasteiger partial charge in [-0.25, -0.2) is 9.97 Å². The van der Waals surface area contributed by atoms with E-state index in [-0.39, 0.29) is 5.78 Å². The highest BCUT2D eigenvalue weighted by Crippen LogP contribution is 2.38. The molecule has 0 atom stereocenters. The van der Waals surface area contributed by atoms with Gasteiger partial charge in [-0.3, -0.25) is 4.79 Å². The van der Waals surface area contributed by atoms with E-state index in [0.29, 0.717) is 11.5 Å². The minimum Gasteiger partial charge on any atom is -0.288 e. The Labute approximate surface area is 106 Å². The highest BCUT2D eigenvalue weighted by molar-refractivity contribution is 6.09. The number of carbonyl (C=O) groups is 1. The number of benzene rings is 1. The first-order valence-electron chi connectivity index (χ1n) is 6.25. The van der Waals surface area contributed by atoms with Crippen molar-refractivity contribution in [2.75, 3.05) is 0 Å². The van der Waals surface area contributed by atoms with E-state index >= 15 is 0 Å². The Morgan fingerprint density at radius 3 is 2.50 bits per heavy atom. The maximum absolute atomic E-state index is 12.4. The van der Waals surface area contributed by atoms with Crippen LogP contribution in [0.25, 0.3) is 0 Å². The first kappa shape index (κ1) is 11.1. The molecule has 1 fully saturated rings. The molecule has 3 nitrogen and oxygen atoms in total. The number of carbonyl (C=O) groups excluding carboxylic acids is 1. The van der Waals surface area contributed by atoms with Crippen LogP contribution in [0.5, 0.6) is 0 Å². The third-order valence-corrected chi connectivity index (χ3v) is 3.57. The van der Waals surface area contributed by atoms with Crippen molar-refractivity contribution in [3.05, 3.63) is 59.7 Å². The molecule has 0 radical (unpaired) electrons. The number of ketones is 1. The van der Waals surface area contributed by atoms with Gasteiger partial charge in [-0.15, -0.1) is 0 Å². The second-order valence-electron chi connectivity index (χ2n) is 4.67. The molecule has 90 valence electrons. The zero-order valence-corrected chi connectivity index (χ0v) is 10.0. The zero-order valence-electron chi connectivity index (χ0n) is 10.0. The lowest BCUT2D eigenvalue weighted by atomic mass is 9.77. The fourth-order valence-electron chi connectivity index (χ4n) is 2.35. The molecule has 3 heteroatoms. The lowest BCUT2D eigenvalue weighted by Crippen LogP contribution is -2.14. The minimum atomic E-state index is 0.0260. The van der Waals surface area contributed by atoms with Gasteiger partial charge in [0, 0.05) is 18.0 Å². The number of hydrogen-bond acceptors (Lipinski definition) is 3. The van der Waals surface area contributed by atoms with Crippen molar-refractivity contribution < 1.29 is 4.79 Å². The van der Waals surface area contributed by atoms with Gasteiger partial charge in [-0.1, -0.05) is 30.7 Å². The van der Waals surface area contributed by atoms with Crippen molar-refractivity contribution in [3.8, 4) is 0 Å². The molecule has 0 N–H and O–H groups in total. The van der Waals surface area contributed by atoms with Crippen LogP contribution >= 0.6 is 0 Å². The van der Waals surface area contributed by atoms with Crippen LogP contribution in [0, 0.1) is 0 Å². The fraction of sp³-hybridized carbons (Fsp3) is 0.267. The van der Waals surface area contributed by atoms with Crippen molar-refractivity contribution in [1.29, 1.82) is 0 Å². The SMILES string of the molecule is O=C(c1cncnc1)c1ccccc1C1CCC1. The number of hydrogen-bond donors (Lipinski definition) is 0. The van der Waals surface area contributed by atoms with Gasteiger partial charge in [0.05, 0.1) is 5.56 Å². The second kappa shape index (κ2) is 4.69. The standard InChI is InChI=1S/C15H14N2O/c18-15(12-8-16-10-17-9-12)14-7-2-1-6-13(14)11-4-3-5-11/h1-2,6-11H,3-5H2. The van der Waals surface area contributed by atoms with E-state index in [2.05, 4.69) is 16.0 Å². The second-order valence-corrected chi connectivity index (χ2v) is 4.67. The predicted octanol–water partition coefficient (Wildman–Crippen LogP) is 2.98. The van der Waals surface area contributed by atoms with Crippen molar-refractivity contribution in [1.82, 2.24) is 9.97 Å². The largest absolute Gasteiger partial charge is 0.288 e. The van der Waals surface area contributed by atoms with Gasteiger partial charge in [0.2, 0.25) is 0 Å². The van der Waals surface area contributed by atoms with Crippen molar-refractivity contribution in [2.24, 2.45) is 0 Å². The summed E-state index contributed by atoms with van der Waals surface area (Å²) in [7, 11) is 0. The van der Waals surface area contributed by atoms with Gasteiger partial charge < -0.3 is 0 Å². The molecule has 1 aromatic carbocycles. The first-order chi connectivity index (χ1) is 8.86. The van der Waals surface area contributed by atoms with E-state index < -0.39 is 0 Å². The van der Waals surface area contributed by atoms with Crippen LogP contribution in [-0.4, -0.2) is 15.8 Å². The van der Waals surface area contributed by atoms with E-state index in [1.807, 2.05) is 18.2 Å². The minimum absolute atomic E-state index is 0.0260. The van der Waals surface area contributed by atoms with E-state index in [1.165, 1.54) is 31.2 Å². The molecule has 0 saturated heterocycles. The summed E-state index contributed by atoms with van der Waals surface area (Å²) < 4.78 is 0. The predicted molar refractivity (Wildman–Crippen MR) is 68.5 cm³/mol. The average Bonchev–Trinajstić information content (AvgIpc) is 2.38. The Morgan fingerprint density at radius 1 is 1.11 bits per heavy atom. The van der Waals surface area contributed by atoms with Gasteiger partial charge >= 0.3 is 0 Å². The highest BCUT2D eigenvalue weighted by Gasteiger charge is 2.24. The van der Waals surface area contributed by atoms with Crippen LogP contribution < -0.4 is 0 Å². The Hall–Kier alpha value is -2.03. The first-order valence-corrected chi connectivity index (χ1v) is 6.25. The maximum atomic E-state index is 12.4. The number of rotatable bonds is 3. The molecular weight excluding hydrogens is 224 g/mol. The molecule has 3 rings (SSSR count). The summed E-state index contributed by atoms with van der Waals surface area (Å²) in [5.74, 6) is 0.577. The zero-order chi connectivity index (χ0) is 12.4. The summed E-state index contributed by atoms with van der Waals surface area (Å²) in [6.45, 7) is 0. The molecule has 2 aromatic rings. The monoisotopic (exact) mass is 238 g/mol. The van der Waals surface area contributed by atoms with E-state index in [0.717, 1.165) is 5.56 Å². The molecule has 0 unspecified atom stereocenters. The van der Waals surface area contributed by atoms with Gasteiger partial charge in [0.15, 0.2) is 5.78 Å². The summed E-state index contributed by atoms with van der Waals surface area (Å²) in [4.78, 5) is 20.2. The van der Waals surface area contributed by atoms with E-state index in [4.69, 9.17) is 0 Å². The van der Waals surface area contributed by atoms with Crippen molar-refractivity contribution >= 4 is 5.78 Å². The summed E-state index contributed by atoms with van der Waals surface area (Å²) >= 11 is 0. The van der Waals surface area contributed by atoms with Crippen LogP contribution in [-0.2, 0) is 0 Å². The van der Waals surface area contributed by atoms with Crippen LogP contribution in [0.2, 0.25) is 0 Å². The topological polar surface area (TPSA) is 42.9 Å². The summed E-state index contributed by atoms with van der Waals surface area (Å²) in [6, 6.07) is 7.90. The maximum Gasteiger partial charge on any atom is 0.196 e. The molecule has 1 aliphatic carbocycles. The molecule has 0 amide bonds. The Bertz CT molecular complexity index is 562. The Morgan fingerprint density at radius 2 is 1.83 bits per heavy atom. The molecule has 1 aromatic heterocycles. The summed E-state index contributed by atoms with van der Waals surface area (Å²) in [6.07, 6.45) is 8.24. The molecule has 1 saturated carbocycles. The Kier molecular flexibility index (Phi) is 2.89. The molecule has 1 aliphatic rings. The number of aromatic nitrogens is 2. The van der Waals surface area contributed by atoms with Crippen LogP contribution in [0.3, 0.4) is 0 Å². The highest BCUT2D eigenvalue weighted by atomic mass is 16.1. The van der Waals surface area contributed by atoms with Crippen LogP contribution in [0.4, 0.5) is 0 Å². The summed E-state index contributed by atoms with van der Waals surface area (Å²) in [5.41, 5.74) is 2.54. The normalized spacial score (nSPS) is 15.1. The summed E-state index contributed by atoms with van der Waals surface area (Å²) in [5, 5.41) is 0. The lowest BCUT2D eigenvalue weighted by Gasteiger charge is -2.27. The third kappa shape index (κ3) is 1.92. The quantitative estimate of drug-likeness (QED) is 0.772. The van der Waals surface area contributed by atoms with Gasteiger partial charge in [-0.2, -0.15) is 0 Å². The number of nitrogens with zero attached hydrogens (tertiary/aromatic N) is 2. The molecule has 1 heterocycles. The van der Waals surface area contributed by atoms with E-state index in [9.17, 15) is 4.79 Å². The fourth-order valence-corrected chi connectivity index (χ4v) is 2.35. The third-order valence-electron chi connectivity index (χ3n) is 3.57. The van der Waals surface area contributed by atoms with Gasteiger partial charge in [0.1, 0.15) is 6.33 Å². The smallest absolute Gasteiger partial charge is 0.196 e. The van der Waals surface area contributed by atoms with Gasteiger partial charge in [0.25, 0.3) is 0 Å². The Balaban J connectivity index is 1.99. The van der Waals surface area contributed by atoms with Crippen LogP contribution in [0.1, 0.15) is 46.7 Å². The molecule has 0 aliphatic heterocycles. The molecule has 0 spiro atoms. The molecule has 0 bridgehead atoms. The molecule has 18 heavy (non-hydrogen) atoms. The molecular formula is C15H14N2O. The van der Waals surface area contributed by atoms with Gasteiger partial charge in [-0.05, 0) is 24.3 Å². The van der Waals surface area contributed by atoms with Crippen molar-refractivity contribution in [2.45, 2.75) is 25.2 Å². The van der Waals surface area contributed by atoms with Crippen LogP contribution in [0.15, 0.2) is 43.0 Å².